The highest BCUT2D eigenvalue weighted by atomic mass is 16.6. The molecule has 3 aliphatic heterocycles. The van der Waals surface area contributed by atoms with Crippen LogP contribution in [0.1, 0.15) is 15.9 Å². The van der Waals surface area contributed by atoms with Crippen LogP contribution in [0.15, 0.2) is 54.6 Å². The summed E-state index contributed by atoms with van der Waals surface area (Å²) in [4.78, 5) is 19.8. The van der Waals surface area contributed by atoms with Crippen molar-refractivity contribution in [1.82, 2.24) is 9.80 Å². The average molecular weight is 415 g/mol. The van der Waals surface area contributed by atoms with Crippen LogP contribution in [-0.2, 0) is 6.54 Å². The molecule has 0 unspecified atom stereocenters. The van der Waals surface area contributed by atoms with Gasteiger partial charge in [-0.25, -0.2) is 0 Å². The number of hydrogen-bond donors (Lipinski definition) is 0. The fourth-order valence-electron chi connectivity index (χ4n) is 4.85. The molecule has 6 heteroatoms. The third-order valence-corrected chi connectivity index (χ3v) is 6.47. The van der Waals surface area contributed by atoms with Gasteiger partial charge in [0.2, 0.25) is 0 Å². The predicted octanol–water partition coefficient (Wildman–Crippen LogP) is 3.35. The molecule has 1 fully saturated rings. The van der Waals surface area contributed by atoms with Crippen molar-refractivity contribution in [2.75, 3.05) is 51.0 Å². The van der Waals surface area contributed by atoms with Crippen molar-refractivity contribution in [2.45, 2.75) is 6.54 Å². The van der Waals surface area contributed by atoms with Crippen molar-refractivity contribution in [3.63, 3.8) is 0 Å². The third-order valence-electron chi connectivity index (χ3n) is 6.47. The lowest BCUT2D eigenvalue weighted by molar-refractivity contribution is 0.0934. The molecule has 0 bridgehead atoms. The van der Waals surface area contributed by atoms with Gasteiger partial charge < -0.3 is 9.47 Å². The van der Waals surface area contributed by atoms with Crippen LogP contribution in [0.4, 0.5) is 5.69 Å². The number of hydrogen-bond acceptors (Lipinski definition) is 5. The van der Waals surface area contributed by atoms with E-state index in [1.807, 2.05) is 29.2 Å². The van der Waals surface area contributed by atoms with Gasteiger partial charge >= 0.3 is 0 Å². The lowest BCUT2D eigenvalue weighted by atomic mass is 10.1. The van der Waals surface area contributed by atoms with Gasteiger partial charge in [0.1, 0.15) is 13.2 Å². The summed E-state index contributed by atoms with van der Waals surface area (Å²) in [6, 6.07) is 18.4. The number of nitrogens with zero attached hydrogens (tertiary/aromatic N) is 3. The van der Waals surface area contributed by atoms with E-state index in [4.69, 9.17) is 9.47 Å². The molecule has 31 heavy (non-hydrogen) atoms. The van der Waals surface area contributed by atoms with Crippen LogP contribution >= 0.6 is 0 Å². The Labute approximate surface area is 181 Å². The van der Waals surface area contributed by atoms with E-state index in [-0.39, 0.29) is 5.91 Å². The van der Waals surface area contributed by atoms with Crippen molar-refractivity contribution in [1.29, 1.82) is 0 Å². The van der Waals surface area contributed by atoms with Gasteiger partial charge in [0.15, 0.2) is 11.5 Å². The van der Waals surface area contributed by atoms with Gasteiger partial charge in [0, 0.05) is 43.7 Å². The number of anilines is 1. The van der Waals surface area contributed by atoms with Crippen LogP contribution in [-0.4, -0.2) is 61.8 Å². The highest BCUT2D eigenvalue weighted by Gasteiger charge is 2.31. The molecule has 6 rings (SSSR count). The maximum Gasteiger partial charge on any atom is 0.260 e. The van der Waals surface area contributed by atoms with Crippen molar-refractivity contribution in [2.24, 2.45) is 0 Å². The zero-order chi connectivity index (χ0) is 20.8. The van der Waals surface area contributed by atoms with E-state index in [1.54, 1.807) is 0 Å². The third kappa shape index (κ3) is 3.32. The monoisotopic (exact) mass is 415 g/mol. The predicted molar refractivity (Wildman–Crippen MR) is 120 cm³/mol. The maximum absolute atomic E-state index is 13.0. The number of piperazine rings is 1. The highest BCUT2D eigenvalue weighted by Crippen LogP contribution is 2.37. The van der Waals surface area contributed by atoms with Crippen LogP contribution in [0.25, 0.3) is 10.8 Å². The summed E-state index contributed by atoms with van der Waals surface area (Å²) >= 11 is 0. The number of ether oxygens (including phenoxy) is 2. The van der Waals surface area contributed by atoms with E-state index < -0.39 is 0 Å². The summed E-state index contributed by atoms with van der Waals surface area (Å²) in [6.45, 7) is 6.63. The second kappa shape index (κ2) is 7.55. The Kier molecular flexibility index (Phi) is 4.55. The van der Waals surface area contributed by atoms with Crippen LogP contribution < -0.4 is 14.4 Å². The molecular weight excluding hydrogens is 390 g/mol. The number of carbonyl (C=O) groups excluding carboxylic acids is 1. The number of carbonyl (C=O) groups is 1. The Bertz CT molecular complexity index is 1150. The lowest BCUT2D eigenvalue weighted by Crippen LogP contribution is -2.50. The van der Waals surface area contributed by atoms with Gasteiger partial charge in [0.25, 0.3) is 5.91 Å². The summed E-state index contributed by atoms with van der Waals surface area (Å²) in [7, 11) is 0. The van der Waals surface area contributed by atoms with E-state index in [2.05, 4.69) is 40.1 Å². The smallest absolute Gasteiger partial charge is 0.260 e. The molecule has 1 amide bonds. The van der Waals surface area contributed by atoms with E-state index in [0.717, 1.165) is 66.2 Å². The average Bonchev–Trinajstić information content (AvgIpc) is 3.08. The second-order valence-electron chi connectivity index (χ2n) is 8.43. The molecule has 3 aromatic carbocycles. The normalized spacial score (nSPS) is 18.7. The van der Waals surface area contributed by atoms with Crippen molar-refractivity contribution < 1.29 is 14.3 Å². The quantitative estimate of drug-likeness (QED) is 0.654. The van der Waals surface area contributed by atoms with Crippen LogP contribution in [0.3, 0.4) is 0 Å². The molecular formula is C25H25N3O3. The molecule has 3 aromatic rings. The van der Waals surface area contributed by atoms with Crippen LogP contribution in [0.5, 0.6) is 11.5 Å². The Morgan fingerprint density at radius 1 is 0.806 bits per heavy atom. The minimum Gasteiger partial charge on any atom is -0.486 e. The lowest BCUT2D eigenvalue weighted by Gasteiger charge is -2.36. The van der Waals surface area contributed by atoms with Gasteiger partial charge in [-0.15, -0.1) is 0 Å². The summed E-state index contributed by atoms with van der Waals surface area (Å²) in [5.74, 6) is 1.81. The minimum atomic E-state index is 0.116. The molecule has 6 nitrogen and oxygen atoms in total. The summed E-state index contributed by atoms with van der Waals surface area (Å²) in [6.07, 6.45) is 0. The van der Waals surface area contributed by atoms with E-state index >= 15 is 0 Å². The standard InChI is InChI=1S/C25H25N3O3/c29-25-20-5-1-3-19-4-2-6-21(24(19)20)28(25)17-27-11-9-26(10-12-27)16-18-7-8-22-23(15-18)31-14-13-30-22/h1-8,15H,9-14,16-17H2. The van der Waals surface area contributed by atoms with Crippen molar-refractivity contribution >= 4 is 22.4 Å². The number of fused-ring (bicyclic) bond motifs is 1. The van der Waals surface area contributed by atoms with Crippen LogP contribution in [0, 0.1) is 0 Å². The van der Waals surface area contributed by atoms with Gasteiger partial charge in [0.05, 0.1) is 12.4 Å². The van der Waals surface area contributed by atoms with E-state index in [9.17, 15) is 4.79 Å². The molecule has 0 atom stereocenters. The zero-order valence-electron chi connectivity index (χ0n) is 17.4. The number of rotatable bonds is 4. The molecule has 158 valence electrons. The summed E-state index contributed by atoms with van der Waals surface area (Å²) < 4.78 is 11.3. The zero-order valence-corrected chi connectivity index (χ0v) is 17.4. The van der Waals surface area contributed by atoms with E-state index in [0.29, 0.717) is 19.9 Å². The highest BCUT2D eigenvalue weighted by molar-refractivity contribution is 6.24. The van der Waals surface area contributed by atoms with E-state index in [1.165, 1.54) is 5.56 Å². The number of benzene rings is 3. The fraction of sp³-hybridized carbons (Fsp3) is 0.320. The first kappa shape index (κ1) is 18.7. The van der Waals surface area contributed by atoms with Crippen molar-refractivity contribution in [3.8, 4) is 11.5 Å². The Morgan fingerprint density at radius 2 is 1.55 bits per heavy atom. The van der Waals surface area contributed by atoms with Crippen molar-refractivity contribution in [3.05, 3.63) is 65.7 Å². The molecule has 0 spiro atoms. The molecule has 0 aromatic heterocycles. The first-order valence-electron chi connectivity index (χ1n) is 10.9. The molecule has 0 aliphatic carbocycles. The molecule has 3 heterocycles. The largest absolute Gasteiger partial charge is 0.486 e. The second-order valence-corrected chi connectivity index (χ2v) is 8.43. The first-order chi connectivity index (χ1) is 15.3. The minimum absolute atomic E-state index is 0.116. The Hall–Kier alpha value is -3.09. The van der Waals surface area contributed by atoms with Gasteiger partial charge in [-0.1, -0.05) is 30.3 Å². The Morgan fingerprint density at radius 3 is 2.39 bits per heavy atom. The molecule has 3 aliphatic rings. The number of amides is 1. The maximum atomic E-state index is 13.0. The van der Waals surface area contributed by atoms with Gasteiger partial charge in [-0.2, -0.15) is 0 Å². The summed E-state index contributed by atoms with van der Waals surface area (Å²) in [5.41, 5.74) is 3.11. The molecule has 0 saturated carbocycles. The molecule has 0 radical (unpaired) electrons. The molecule has 0 N–H and O–H groups in total. The van der Waals surface area contributed by atoms with Gasteiger partial charge in [-0.3, -0.25) is 19.5 Å². The SMILES string of the molecule is O=C1c2cccc3cccc(c23)N1CN1CCN(Cc2ccc3c(c2)OCCO3)CC1. The first-order valence-corrected chi connectivity index (χ1v) is 10.9. The summed E-state index contributed by atoms with van der Waals surface area (Å²) in [5, 5.41) is 2.22. The van der Waals surface area contributed by atoms with Crippen LogP contribution in [0.2, 0.25) is 0 Å². The topological polar surface area (TPSA) is 45.3 Å². The fourth-order valence-corrected chi connectivity index (χ4v) is 4.85. The molecule has 1 saturated heterocycles. The Balaban J connectivity index is 1.10. The van der Waals surface area contributed by atoms with Gasteiger partial charge in [-0.05, 0) is 35.2 Å².